The number of hydrogen-bond donors (Lipinski definition) is 0. The van der Waals surface area contributed by atoms with E-state index in [0.29, 0.717) is 0 Å². The minimum atomic E-state index is -0.00472. The van der Waals surface area contributed by atoms with Gasteiger partial charge in [-0.05, 0) is 6.07 Å². The van der Waals surface area contributed by atoms with E-state index in [9.17, 15) is 0 Å². The Morgan fingerprint density at radius 1 is 1.26 bits per heavy atom. The van der Waals surface area contributed by atoms with Gasteiger partial charge >= 0.3 is 0 Å². The van der Waals surface area contributed by atoms with Crippen LogP contribution in [-0.4, -0.2) is 33.5 Å². The summed E-state index contributed by atoms with van der Waals surface area (Å²) in [6.07, 6.45) is 6.60. The molecule has 3 rings (SSSR count). The van der Waals surface area contributed by atoms with E-state index in [1.807, 2.05) is 18.5 Å². The average Bonchev–Trinajstić information content (AvgIpc) is 2.54. The van der Waals surface area contributed by atoms with Crippen molar-refractivity contribution < 1.29 is 4.74 Å². The molecule has 122 valence electrons. The van der Waals surface area contributed by atoms with Crippen molar-refractivity contribution in [3.8, 4) is 5.75 Å². The number of fused-ring (bicyclic) bond motifs is 1. The summed E-state index contributed by atoms with van der Waals surface area (Å²) in [5.41, 5.74) is 3.53. The zero-order valence-corrected chi connectivity index (χ0v) is 14.3. The molecule has 0 spiro atoms. The Hall–Kier alpha value is -2.01. The highest BCUT2D eigenvalue weighted by Crippen LogP contribution is 2.25. The van der Waals surface area contributed by atoms with Gasteiger partial charge in [-0.1, -0.05) is 20.8 Å². The van der Waals surface area contributed by atoms with Crippen molar-refractivity contribution in [2.45, 2.75) is 45.7 Å². The van der Waals surface area contributed by atoms with Crippen LogP contribution in [0.15, 0.2) is 24.7 Å². The van der Waals surface area contributed by atoms with E-state index in [-0.39, 0.29) is 5.41 Å². The molecule has 5 heteroatoms. The Morgan fingerprint density at radius 3 is 2.83 bits per heavy atom. The lowest BCUT2D eigenvalue weighted by Crippen LogP contribution is -2.32. The van der Waals surface area contributed by atoms with Crippen LogP contribution in [0.2, 0.25) is 0 Å². The Morgan fingerprint density at radius 2 is 2.09 bits per heavy atom. The van der Waals surface area contributed by atoms with Gasteiger partial charge < -0.3 is 4.74 Å². The van der Waals surface area contributed by atoms with Gasteiger partial charge in [0.2, 0.25) is 0 Å². The summed E-state index contributed by atoms with van der Waals surface area (Å²) in [6.45, 7) is 9.15. The van der Waals surface area contributed by atoms with E-state index in [0.717, 1.165) is 43.2 Å². The first kappa shape index (κ1) is 15.9. The first-order valence-corrected chi connectivity index (χ1v) is 8.02. The summed E-state index contributed by atoms with van der Waals surface area (Å²) in [5, 5.41) is 0. The van der Waals surface area contributed by atoms with E-state index in [1.54, 1.807) is 13.3 Å². The van der Waals surface area contributed by atoms with Crippen LogP contribution >= 0.6 is 0 Å². The predicted octanol–water partition coefficient (Wildman–Crippen LogP) is 2.74. The molecule has 0 saturated heterocycles. The van der Waals surface area contributed by atoms with E-state index in [1.165, 1.54) is 11.3 Å². The fourth-order valence-corrected chi connectivity index (χ4v) is 2.84. The number of rotatable bonds is 3. The van der Waals surface area contributed by atoms with Gasteiger partial charge in [0.05, 0.1) is 7.11 Å². The maximum Gasteiger partial charge on any atom is 0.133 e. The van der Waals surface area contributed by atoms with Crippen LogP contribution in [0.5, 0.6) is 5.75 Å². The van der Waals surface area contributed by atoms with Gasteiger partial charge in [0.1, 0.15) is 11.6 Å². The molecule has 0 bridgehead atoms. The van der Waals surface area contributed by atoms with Gasteiger partial charge in [-0.15, -0.1) is 0 Å². The van der Waals surface area contributed by atoms with Crippen LogP contribution in [0, 0.1) is 0 Å². The molecular weight excluding hydrogens is 288 g/mol. The quantitative estimate of drug-likeness (QED) is 0.872. The van der Waals surface area contributed by atoms with E-state index in [2.05, 4.69) is 35.6 Å². The Labute approximate surface area is 137 Å². The van der Waals surface area contributed by atoms with E-state index >= 15 is 0 Å². The van der Waals surface area contributed by atoms with E-state index in [4.69, 9.17) is 9.72 Å². The molecule has 0 amide bonds. The van der Waals surface area contributed by atoms with Crippen molar-refractivity contribution in [3.05, 3.63) is 47.3 Å². The third-order valence-electron chi connectivity index (χ3n) is 4.16. The number of ether oxygens (including phenoxy) is 1. The molecule has 0 aliphatic carbocycles. The number of hydrogen-bond acceptors (Lipinski definition) is 5. The molecule has 3 heterocycles. The molecule has 5 nitrogen and oxygen atoms in total. The lowest BCUT2D eigenvalue weighted by atomic mass is 9.95. The van der Waals surface area contributed by atoms with Crippen LogP contribution in [-0.2, 0) is 24.9 Å². The molecule has 23 heavy (non-hydrogen) atoms. The van der Waals surface area contributed by atoms with Crippen LogP contribution in [0.4, 0.5) is 0 Å². The van der Waals surface area contributed by atoms with Crippen molar-refractivity contribution in [2.75, 3.05) is 13.7 Å². The van der Waals surface area contributed by atoms with Crippen molar-refractivity contribution in [3.63, 3.8) is 0 Å². The molecule has 0 aromatic carbocycles. The first-order valence-electron chi connectivity index (χ1n) is 8.02. The van der Waals surface area contributed by atoms with Gasteiger partial charge in [-0.3, -0.25) is 9.88 Å². The largest absolute Gasteiger partial charge is 0.496 e. The second-order valence-electron chi connectivity index (χ2n) is 7.06. The van der Waals surface area contributed by atoms with Crippen molar-refractivity contribution >= 4 is 0 Å². The zero-order chi connectivity index (χ0) is 16.4. The minimum Gasteiger partial charge on any atom is -0.496 e. The molecule has 0 atom stereocenters. The van der Waals surface area contributed by atoms with Crippen molar-refractivity contribution in [1.29, 1.82) is 0 Å². The van der Waals surface area contributed by atoms with Gasteiger partial charge in [0, 0.05) is 66.9 Å². The fourth-order valence-electron chi connectivity index (χ4n) is 2.84. The van der Waals surface area contributed by atoms with Gasteiger partial charge in [0.15, 0.2) is 0 Å². The molecular formula is C18H24N4O. The highest BCUT2D eigenvalue weighted by atomic mass is 16.5. The molecule has 1 aliphatic heterocycles. The summed E-state index contributed by atoms with van der Waals surface area (Å²) in [7, 11) is 1.70. The third kappa shape index (κ3) is 3.50. The normalized spacial score (nSPS) is 15.3. The van der Waals surface area contributed by atoms with E-state index < -0.39 is 0 Å². The van der Waals surface area contributed by atoms with Crippen molar-refractivity contribution in [2.24, 2.45) is 0 Å². The summed E-state index contributed by atoms with van der Waals surface area (Å²) in [5.74, 6) is 1.82. The molecule has 2 aromatic rings. The van der Waals surface area contributed by atoms with Gasteiger partial charge in [0.25, 0.3) is 0 Å². The molecule has 0 fully saturated rings. The summed E-state index contributed by atoms with van der Waals surface area (Å²) in [6, 6.07) is 1.91. The number of aromatic nitrogens is 3. The predicted molar refractivity (Wildman–Crippen MR) is 89.3 cm³/mol. The van der Waals surface area contributed by atoms with Gasteiger partial charge in [-0.25, -0.2) is 9.97 Å². The van der Waals surface area contributed by atoms with Gasteiger partial charge in [-0.2, -0.15) is 0 Å². The summed E-state index contributed by atoms with van der Waals surface area (Å²) >= 11 is 0. The lowest BCUT2D eigenvalue weighted by molar-refractivity contribution is 0.238. The van der Waals surface area contributed by atoms with Crippen molar-refractivity contribution in [1.82, 2.24) is 19.9 Å². The molecule has 2 aromatic heterocycles. The molecule has 1 aliphatic rings. The molecule has 0 saturated carbocycles. The number of methoxy groups -OCH3 is 1. The Bertz CT molecular complexity index is 694. The lowest BCUT2D eigenvalue weighted by Gasteiger charge is -2.29. The summed E-state index contributed by atoms with van der Waals surface area (Å²) < 4.78 is 5.42. The fraction of sp³-hybridized carbons (Fsp3) is 0.500. The second-order valence-corrected chi connectivity index (χ2v) is 7.06. The van der Waals surface area contributed by atoms with Crippen LogP contribution in [0.25, 0.3) is 0 Å². The Balaban J connectivity index is 1.76. The minimum absolute atomic E-state index is 0.00472. The first-order chi connectivity index (χ1) is 11.0. The van der Waals surface area contributed by atoms with Crippen LogP contribution < -0.4 is 4.74 Å². The topological polar surface area (TPSA) is 51.1 Å². The highest BCUT2D eigenvalue weighted by Gasteiger charge is 2.23. The maximum atomic E-state index is 5.42. The molecule has 0 radical (unpaired) electrons. The van der Waals surface area contributed by atoms with Crippen LogP contribution in [0.3, 0.4) is 0 Å². The SMILES string of the molecule is COc1ccncc1CN1CCc2nc(C(C)(C)C)ncc2C1. The maximum absolute atomic E-state index is 5.42. The van der Waals surface area contributed by atoms with Crippen LogP contribution in [0.1, 0.15) is 43.4 Å². The summed E-state index contributed by atoms with van der Waals surface area (Å²) in [4.78, 5) is 15.9. The molecule has 0 unspecified atom stereocenters. The average molecular weight is 312 g/mol. The highest BCUT2D eigenvalue weighted by molar-refractivity contribution is 5.30. The zero-order valence-electron chi connectivity index (χ0n) is 14.3. The standard InChI is InChI=1S/C18H24N4O/c1-18(2,3)17-20-10-13-11-22(8-6-15(13)21-17)12-14-9-19-7-5-16(14)23-4/h5,7,9-10H,6,8,11-12H2,1-4H3. The monoisotopic (exact) mass is 312 g/mol. The second kappa shape index (κ2) is 6.24. The number of pyridine rings is 1. The third-order valence-corrected chi connectivity index (χ3v) is 4.16. The smallest absolute Gasteiger partial charge is 0.133 e. The number of nitrogens with zero attached hydrogens (tertiary/aromatic N) is 4. The Kier molecular flexibility index (Phi) is 4.31. The molecule has 0 N–H and O–H groups in total.